The maximum Gasteiger partial charge on any atom is 0.414 e. The summed E-state index contributed by atoms with van der Waals surface area (Å²) in [6, 6.07) is 4.95. The van der Waals surface area contributed by atoms with Crippen LogP contribution in [0, 0.1) is 0 Å². The van der Waals surface area contributed by atoms with Crippen molar-refractivity contribution in [2.45, 2.75) is 26.4 Å². The topological polar surface area (TPSA) is 55.6 Å². The van der Waals surface area contributed by atoms with Gasteiger partial charge in [-0.3, -0.25) is 4.90 Å². The van der Waals surface area contributed by atoms with E-state index < -0.39 is 11.7 Å². The van der Waals surface area contributed by atoms with E-state index in [1.807, 2.05) is 0 Å². The predicted octanol–water partition coefficient (Wildman–Crippen LogP) is 3.29. The average molecular weight is 257 g/mol. The molecule has 4 nitrogen and oxygen atoms in total. The van der Waals surface area contributed by atoms with E-state index in [4.69, 9.17) is 22.1 Å². The van der Waals surface area contributed by atoms with Gasteiger partial charge in [-0.15, -0.1) is 0 Å². The predicted molar refractivity (Wildman–Crippen MR) is 70.5 cm³/mol. The maximum absolute atomic E-state index is 11.8. The molecule has 0 saturated heterocycles. The first-order valence-corrected chi connectivity index (χ1v) is 5.60. The van der Waals surface area contributed by atoms with Crippen molar-refractivity contribution in [3.8, 4) is 0 Å². The second-order valence-electron chi connectivity index (χ2n) is 4.75. The Morgan fingerprint density at radius 3 is 2.53 bits per heavy atom. The molecule has 1 aromatic rings. The normalized spacial score (nSPS) is 11.1. The minimum Gasteiger partial charge on any atom is -0.443 e. The Balaban J connectivity index is 2.92. The minimum absolute atomic E-state index is 0.451. The smallest absolute Gasteiger partial charge is 0.414 e. The van der Waals surface area contributed by atoms with Crippen LogP contribution < -0.4 is 10.6 Å². The van der Waals surface area contributed by atoms with Crippen LogP contribution in [0.1, 0.15) is 20.8 Å². The highest BCUT2D eigenvalue weighted by Crippen LogP contribution is 2.28. The van der Waals surface area contributed by atoms with E-state index in [2.05, 4.69) is 0 Å². The molecule has 0 aromatic heterocycles. The van der Waals surface area contributed by atoms with E-state index >= 15 is 0 Å². The van der Waals surface area contributed by atoms with Crippen molar-refractivity contribution < 1.29 is 9.53 Å². The van der Waals surface area contributed by atoms with Crippen LogP contribution >= 0.6 is 11.6 Å². The lowest BCUT2D eigenvalue weighted by Gasteiger charge is -2.25. The van der Waals surface area contributed by atoms with Gasteiger partial charge in [0.05, 0.1) is 10.7 Å². The summed E-state index contributed by atoms with van der Waals surface area (Å²) in [5.41, 5.74) is 6.18. The molecule has 1 amide bonds. The number of nitrogens with two attached hydrogens (primary N) is 1. The lowest BCUT2D eigenvalue weighted by molar-refractivity contribution is 0.0589. The molecule has 0 aliphatic heterocycles. The summed E-state index contributed by atoms with van der Waals surface area (Å²) in [5, 5.41) is 0.451. The third-order valence-corrected chi connectivity index (χ3v) is 2.32. The lowest BCUT2D eigenvalue weighted by atomic mass is 10.2. The summed E-state index contributed by atoms with van der Waals surface area (Å²) < 4.78 is 5.24. The fraction of sp³-hybridized carbons (Fsp3) is 0.417. The van der Waals surface area contributed by atoms with Gasteiger partial charge in [0.25, 0.3) is 0 Å². The van der Waals surface area contributed by atoms with Crippen LogP contribution in [0.25, 0.3) is 0 Å². The number of carbonyl (C=O) groups excluding carboxylic acids is 1. The van der Waals surface area contributed by atoms with Crippen molar-refractivity contribution in [2.75, 3.05) is 17.7 Å². The fourth-order valence-electron chi connectivity index (χ4n) is 1.22. The molecule has 17 heavy (non-hydrogen) atoms. The molecule has 0 atom stereocenters. The summed E-state index contributed by atoms with van der Waals surface area (Å²) in [7, 11) is 1.59. The van der Waals surface area contributed by atoms with E-state index in [0.717, 1.165) is 0 Å². The molecule has 5 heteroatoms. The van der Waals surface area contributed by atoms with Crippen molar-refractivity contribution >= 4 is 29.1 Å². The van der Waals surface area contributed by atoms with Gasteiger partial charge >= 0.3 is 6.09 Å². The van der Waals surface area contributed by atoms with E-state index in [9.17, 15) is 4.79 Å². The molecule has 0 heterocycles. The number of benzene rings is 1. The van der Waals surface area contributed by atoms with Crippen LogP contribution in [0.3, 0.4) is 0 Å². The number of hydrogen-bond donors (Lipinski definition) is 1. The Bertz CT molecular complexity index is 427. The standard InChI is InChI=1S/C12H17ClN2O2/c1-12(2,3)17-11(16)15(4)10-7-8(14)5-6-9(10)13/h5-7H,14H2,1-4H3. The molecule has 0 aliphatic rings. The second kappa shape index (κ2) is 4.84. The quantitative estimate of drug-likeness (QED) is 0.785. The van der Waals surface area contributed by atoms with Crippen molar-refractivity contribution in [2.24, 2.45) is 0 Å². The number of nitrogens with zero attached hydrogens (tertiary/aromatic N) is 1. The Labute approximate surface area is 106 Å². The largest absolute Gasteiger partial charge is 0.443 e. The van der Waals surface area contributed by atoms with E-state index in [1.54, 1.807) is 46.0 Å². The molecule has 0 fully saturated rings. The molecular formula is C12H17ClN2O2. The van der Waals surface area contributed by atoms with Gasteiger partial charge in [-0.2, -0.15) is 0 Å². The van der Waals surface area contributed by atoms with E-state index in [-0.39, 0.29) is 0 Å². The summed E-state index contributed by atoms with van der Waals surface area (Å²) in [5.74, 6) is 0. The summed E-state index contributed by atoms with van der Waals surface area (Å²) in [6.07, 6.45) is -0.468. The zero-order valence-electron chi connectivity index (χ0n) is 10.5. The van der Waals surface area contributed by atoms with Gasteiger partial charge in [-0.25, -0.2) is 4.79 Å². The highest BCUT2D eigenvalue weighted by molar-refractivity contribution is 6.33. The van der Waals surface area contributed by atoms with Gasteiger partial charge in [0.2, 0.25) is 0 Å². The van der Waals surface area contributed by atoms with Crippen molar-refractivity contribution in [1.82, 2.24) is 0 Å². The monoisotopic (exact) mass is 256 g/mol. The number of rotatable bonds is 1. The van der Waals surface area contributed by atoms with Crippen LogP contribution in [0.15, 0.2) is 18.2 Å². The molecule has 1 rings (SSSR count). The number of carbonyl (C=O) groups is 1. The zero-order valence-corrected chi connectivity index (χ0v) is 11.2. The third kappa shape index (κ3) is 3.82. The molecule has 0 saturated carbocycles. The SMILES string of the molecule is CN(C(=O)OC(C)(C)C)c1cc(N)ccc1Cl. The van der Waals surface area contributed by atoms with Crippen molar-refractivity contribution in [3.05, 3.63) is 23.2 Å². The van der Waals surface area contributed by atoms with E-state index in [1.165, 1.54) is 4.90 Å². The summed E-state index contributed by atoms with van der Waals surface area (Å²) in [6.45, 7) is 5.42. The lowest BCUT2D eigenvalue weighted by Crippen LogP contribution is -2.34. The Morgan fingerprint density at radius 2 is 2.00 bits per heavy atom. The van der Waals surface area contributed by atoms with Gasteiger partial charge in [0.1, 0.15) is 5.60 Å². The molecule has 1 aromatic carbocycles. The Kier molecular flexibility index (Phi) is 3.88. The molecule has 0 spiro atoms. The highest BCUT2D eigenvalue weighted by Gasteiger charge is 2.21. The molecule has 0 aliphatic carbocycles. The first-order valence-electron chi connectivity index (χ1n) is 5.22. The summed E-state index contributed by atoms with van der Waals surface area (Å²) in [4.78, 5) is 13.2. The molecule has 0 unspecified atom stereocenters. The van der Waals surface area contributed by atoms with Gasteiger partial charge in [0.15, 0.2) is 0 Å². The van der Waals surface area contributed by atoms with Crippen LogP contribution in [-0.4, -0.2) is 18.7 Å². The Hall–Kier alpha value is -1.42. The molecular weight excluding hydrogens is 240 g/mol. The molecule has 0 bridgehead atoms. The molecule has 94 valence electrons. The summed E-state index contributed by atoms with van der Waals surface area (Å²) >= 11 is 6.00. The Morgan fingerprint density at radius 1 is 1.41 bits per heavy atom. The van der Waals surface area contributed by atoms with Gasteiger partial charge in [0, 0.05) is 12.7 Å². The maximum atomic E-state index is 11.8. The van der Waals surface area contributed by atoms with Crippen molar-refractivity contribution in [1.29, 1.82) is 0 Å². The van der Waals surface area contributed by atoms with Crippen LogP contribution in [0.2, 0.25) is 5.02 Å². The van der Waals surface area contributed by atoms with Gasteiger partial charge in [-0.05, 0) is 39.0 Å². The number of halogens is 1. The van der Waals surface area contributed by atoms with Crippen LogP contribution in [-0.2, 0) is 4.74 Å². The second-order valence-corrected chi connectivity index (χ2v) is 5.16. The number of ether oxygens (including phenoxy) is 1. The zero-order chi connectivity index (χ0) is 13.2. The number of nitrogen functional groups attached to an aromatic ring is 1. The average Bonchev–Trinajstić information content (AvgIpc) is 2.18. The van der Waals surface area contributed by atoms with Crippen molar-refractivity contribution in [3.63, 3.8) is 0 Å². The molecule has 2 N–H and O–H groups in total. The number of hydrogen-bond acceptors (Lipinski definition) is 3. The minimum atomic E-state index is -0.544. The molecule has 0 radical (unpaired) electrons. The first kappa shape index (κ1) is 13.6. The first-order chi connectivity index (χ1) is 7.70. The van der Waals surface area contributed by atoms with Gasteiger partial charge in [-0.1, -0.05) is 11.6 Å². The van der Waals surface area contributed by atoms with Crippen LogP contribution in [0.4, 0.5) is 16.2 Å². The van der Waals surface area contributed by atoms with E-state index in [0.29, 0.717) is 16.4 Å². The van der Waals surface area contributed by atoms with Crippen LogP contribution in [0.5, 0.6) is 0 Å². The number of anilines is 2. The third-order valence-electron chi connectivity index (χ3n) is 2.00. The highest BCUT2D eigenvalue weighted by atomic mass is 35.5. The fourth-order valence-corrected chi connectivity index (χ4v) is 1.46. The van der Waals surface area contributed by atoms with Gasteiger partial charge < -0.3 is 10.5 Å². The number of amides is 1.